The molecule has 4 aromatic rings. The van der Waals surface area contributed by atoms with E-state index in [9.17, 15) is 4.79 Å². The summed E-state index contributed by atoms with van der Waals surface area (Å²) in [6, 6.07) is 26.2. The predicted octanol–water partition coefficient (Wildman–Crippen LogP) is 5.41. The van der Waals surface area contributed by atoms with Gasteiger partial charge in [0.15, 0.2) is 0 Å². The predicted molar refractivity (Wildman–Crippen MR) is 114 cm³/mol. The highest BCUT2D eigenvalue weighted by molar-refractivity contribution is 6.15. The minimum Gasteiger partial charge on any atom is -0.308 e. The molecule has 136 valence electrons. The molecular weight excluding hydrogens is 344 g/mol. The fourth-order valence-corrected chi connectivity index (χ4v) is 4.00. The van der Waals surface area contributed by atoms with Gasteiger partial charge in [-0.05, 0) is 43.2 Å². The minimum atomic E-state index is 0.0393. The van der Waals surface area contributed by atoms with E-state index in [2.05, 4.69) is 25.1 Å². The maximum Gasteiger partial charge on any atom is 0.259 e. The second-order valence-corrected chi connectivity index (χ2v) is 7.28. The number of hydrogen-bond acceptors (Lipinski definition) is 2. The molecule has 2 heterocycles. The van der Waals surface area contributed by atoms with Gasteiger partial charge in [0.2, 0.25) is 0 Å². The van der Waals surface area contributed by atoms with Crippen molar-refractivity contribution in [2.45, 2.75) is 13.3 Å². The maximum atomic E-state index is 13.6. The van der Waals surface area contributed by atoms with Crippen LogP contribution in [0, 0.1) is 6.92 Å². The van der Waals surface area contributed by atoms with Gasteiger partial charge in [0, 0.05) is 23.2 Å². The van der Waals surface area contributed by atoms with Gasteiger partial charge in [-0.2, -0.15) is 0 Å². The van der Waals surface area contributed by atoms with Crippen LogP contribution in [-0.2, 0) is 6.42 Å². The lowest BCUT2D eigenvalue weighted by molar-refractivity contribution is 0.0991. The molecule has 5 rings (SSSR count). The van der Waals surface area contributed by atoms with Crippen molar-refractivity contribution < 1.29 is 4.79 Å². The molecule has 0 saturated carbocycles. The number of aromatic nitrogens is 1. The molecular formula is C25H20N2O. The highest BCUT2D eigenvalue weighted by Gasteiger charge is 2.26. The van der Waals surface area contributed by atoms with E-state index >= 15 is 0 Å². The summed E-state index contributed by atoms with van der Waals surface area (Å²) < 4.78 is 0. The van der Waals surface area contributed by atoms with Crippen LogP contribution in [0.25, 0.3) is 22.2 Å². The van der Waals surface area contributed by atoms with Crippen molar-refractivity contribution in [1.82, 2.24) is 4.98 Å². The molecule has 28 heavy (non-hydrogen) atoms. The molecule has 0 fully saturated rings. The number of hydrogen-bond donors (Lipinski definition) is 0. The van der Waals surface area contributed by atoms with E-state index in [1.165, 1.54) is 11.1 Å². The van der Waals surface area contributed by atoms with Gasteiger partial charge in [0.25, 0.3) is 5.91 Å². The first-order chi connectivity index (χ1) is 13.7. The van der Waals surface area contributed by atoms with Crippen LogP contribution in [0.3, 0.4) is 0 Å². The molecule has 0 unspecified atom stereocenters. The number of carbonyl (C=O) groups is 1. The normalized spacial score (nSPS) is 13.0. The third-order valence-corrected chi connectivity index (χ3v) is 5.39. The molecule has 3 heteroatoms. The standard InChI is InChI=1S/C25H20N2O/c1-17-7-6-9-19(15-17)23-16-21(20-10-3-4-11-22(20)26-23)25(28)27-14-13-18-8-2-5-12-24(18)27/h2-12,15-16H,13-14H2,1H3. The molecule has 0 saturated heterocycles. The third-order valence-electron chi connectivity index (χ3n) is 5.39. The Morgan fingerprint density at radius 2 is 1.75 bits per heavy atom. The number of nitrogens with zero attached hydrogens (tertiary/aromatic N) is 2. The number of para-hydroxylation sites is 2. The van der Waals surface area contributed by atoms with E-state index in [0.29, 0.717) is 12.1 Å². The highest BCUT2D eigenvalue weighted by Crippen LogP contribution is 2.32. The molecule has 1 aliphatic rings. The van der Waals surface area contributed by atoms with Gasteiger partial charge in [-0.25, -0.2) is 4.98 Å². The summed E-state index contributed by atoms with van der Waals surface area (Å²) in [5.74, 6) is 0.0393. The van der Waals surface area contributed by atoms with Gasteiger partial charge < -0.3 is 4.90 Å². The van der Waals surface area contributed by atoms with Crippen LogP contribution >= 0.6 is 0 Å². The fraction of sp³-hybridized carbons (Fsp3) is 0.120. The van der Waals surface area contributed by atoms with E-state index < -0.39 is 0 Å². The van der Waals surface area contributed by atoms with Crippen molar-refractivity contribution >= 4 is 22.5 Å². The van der Waals surface area contributed by atoms with Crippen LogP contribution in [0.15, 0.2) is 78.9 Å². The average molecular weight is 364 g/mol. The first kappa shape index (κ1) is 16.7. The van der Waals surface area contributed by atoms with E-state index in [1.54, 1.807) is 0 Å². The monoisotopic (exact) mass is 364 g/mol. The van der Waals surface area contributed by atoms with Crippen molar-refractivity contribution in [3.63, 3.8) is 0 Å². The van der Waals surface area contributed by atoms with E-state index in [1.807, 2.05) is 65.6 Å². The second-order valence-electron chi connectivity index (χ2n) is 7.28. The Morgan fingerprint density at radius 3 is 2.64 bits per heavy atom. The Kier molecular flexibility index (Phi) is 3.94. The number of pyridine rings is 1. The summed E-state index contributed by atoms with van der Waals surface area (Å²) in [4.78, 5) is 20.3. The van der Waals surface area contributed by atoms with Gasteiger partial charge >= 0.3 is 0 Å². The van der Waals surface area contributed by atoms with Crippen LogP contribution in [0.5, 0.6) is 0 Å². The summed E-state index contributed by atoms with van der Waals surface area (Å²) in [6.07, 6.45) is 0.898. The second kappa shape index (κ2) is 6.61. The topological polar surface area (TPSA) is 33.2 Å². The molecule has 0 spiro atoms. The Bertz CT molecular complexity index is 1210. The van der Waals surface area contributed by atoms with Crippen molar-refractivity contribution in [2.75, 3.05) is 11.4 Å². The van der Waals surface area contributed by atoms with Crippen LogP contribution < -0.4 is 4.90 Å². The number of aryl methyl sites for hydroxylation is 1. The first-order valence-corrected chi connectivity index (χ1v) is 9.57. The van der Waals surface area contributed by atoms with Crippen LogP contribution in [0.1, 0.15) is 21.5 Å². The Morgan fingerprint density at radius 1 is 0.929 bits per heavy atom. The summed E-state index contributed by atoms with van der Waals surface area (Å²) in [5.41, 5.74) is 6.84. The lowest BCUT2D eigenvalue weighted by Gasteiger charge is -2.19. The Balaban J connectivity index is 1.67. The summed E-state index contributed by atoms with van der Waals surface area (Å²) in [6.45, 7) is 2.78. The molecule has 0 radical (unpaired) electrons. The third kappa shape index (κ3) is 2.76. The minimum absolute atomic E-state index is 0.0393. The Hall–Kier alpha value is -3.46. The van der Waals surface area contributed by atoms with E-state index in [4.69, 9.17) is 4.98 Å². The molecule has 0 aliphatic carbocycles. The molecule has 0 atom stereocenters. The number of benzene rings is 3. The summed E-state index contributed by atoms with van der Waals surface area (Å²) in [5, 5.41) is 0.897. The molecule has 0 bridgehead atoms. The number of fused-ring (bicyclic) bond motifs is 2. The lowest BCUT2D eigenvalue weighted by atomic mass is 10.0. The SMILES string of the molecule is Cc1cccc(-c2cc(C(=O)N3CCc4ccccc43)c3ccccc3n2)c1. The van der Waals surface area contributed by atoms with Gasteiger partial charge in [0.1, 0.15) is 0 Å². The van der Waals surface area contributed by atoms with Crippen molar-refractivity contribution in [3.8, 4) is 11.3 Å². The van der Waals surface area contributed by atoms with Crippen LogP contribution in [0.4, 0.5) is 5.69 Å². The molecule has 0 N–H and O–H groups in total. The summed E-state index contributed by atoms with van der Waals surface area (Å²) in [7, 11) is 0. The first-order valence-electron chi connectivity index (χ1n) is 9.57. The van der Waals surface area contributed by atoms with Gasteiger partial charge in [-0.1, -0.05) is 60.2 Å². The van der Waals surface area contributed by atoms with Crippen LogP contribution in [-0.4, -0.2) is 17.4 Å². The quantitative estimate of drug-likeness (QED) is 0.476. The van der Waals surface area contributed by atoms with Gasteiger partial charge in [0.05, 0.1) is 16.8 Å². The zero-order valence-corrected chi connectivity index (χ0v) is 15.7. The largest absolute Gasteiger partial charge is 0.308 e. The number of anilines is 1. The Labute approximate surface area is 164 Å². The lowest BCUT2D eigenvalue weighted by Crippen LogP contribution is -2.29. The molecule has 3 nitrogen and oxygen atoms in total. The van der Waals surface area contributed by atoms with Gasteiger partial charge in [-0.15, -0.1) is 0 Å². The number of carbonyl (C=O) groups excluding carboxylic acids is 1. The zero-order chi connectivity index (χ0) is 19.1. The summed E-state index contributed by atoms with van der Waals surface area (Å²) >= 11 is 0. The zero-order valence-electron chi connectivity index (χ0n) is 15.7. The van der Waals surface area contributed by atoms with E-state index in [-0.39, 0.29) is 5.91 Å². The maximum absolute atomic E-state index is 13.6. The smallest absolute Gasteiger partial charge is 0.259 e. The van der Waals surface area contributed by atoms with Crippen LogP contribution in [0.2, 0.25) is 0 Å². The van der Waals surface area contributed by atoms with E-state index in [0.717, 1.165) is 34.3 Å². The average Bonchev–Trinajstić information content (AvgIpc) is 3.16. The van der Waals surface area contributed by atoms with Crippen molar-refractivity contribution in [1.29, 1.82) is 0 Å². The molecule has 3 aromatic carbocycles. The number of rotatable bonds is 2. The number of amides is 1. The highest BCUT2D eigenvalue weighted by atomic mass is 16.2. The van der Waals surface area contributed by atoms with Crippen molar-refractivity contribution in [3.05, 3.63) is 95.6 Å². The van der Waals surface area contributed by atoms with Crippen molar-refractivity contribution in [2.24, 2.45) is 0 Å². The molecule has 1 aliphatic heterocycles. The van der Waals surface area contributed by atoms with Gasteiger partial charge in [-0.3, -0.25) is 4.79 Å². The molecule has 1 aromatic heterocycles. The fourth-order valence-electron chi connectivity index (χ4n) is 4.00. The molecule has 1 amide bonds.